The Morgan fingerprint density at radius 2 is 1.65 bits per heavy atom. The molecule has 0 spiro atoms. The summed E-state index contributed by atoms with van der Waals surface area (Å²) in [7, 11) is 1.28. The summed E-state index contributed by atoms with van der Waals surface area (Å²) in [6, 6.07) is -1.46. The summed E-state index contributed by atoms with van der Waals surface area (Å²) in [5.74, 6) is -4.10. The molecule has 0 saturated carbocycles. The fourth-order valence-electron chi connectivity index (χ4n) is 8.38. The lowest BCUT2D eigenvalue weighted by molar-refractivity contribution is -0.303. The zero-order valence-corrected chi connectivity index (χ0v) is 47.3. The van der Waals surface area contributed by atoms with Crippen LogP contribution in [0.3, 0.4) is 0 Å². The predicted octanol–water partition coefficient (Wildman–Crippen LogP) is 9.62. The van der Waals surface area contributed by atoms with E-state index in [2.05, 4.69) is 11.8 Å². The van der Waals surface area contributed by atoms with Gasteiger partial charge in [-0.15, -0.1) is 6.58 Å². The number of allylic oxidation sites excluding steroid dienone is 7. The van der Waals surface area contributed by atoms with Crippen molar-refractivity contribution in [2.75, 3.05) is 13.7 Å². The van der Waals surface area contributed by atoms with Gasteiger partial charge in [-0.05, 0) is 104 Å². The van der Waals surface area contributed by atoms with Gasteiger partial charge < -0.3 is 63.4 Å². The van der Waals surface area contributed by atoms with Crippen molar-refractivity contribution in [1.29, 1.82) is 0 Å². The molecule has 422 valence electrons. The Bertz CT molecular complexity index is 2210. The first-order chi connectivity index (χ1) is 35.2. The van der Waals surface area contributed by atoms with Crippen molar-refractivity contribution in [3.05, 3.63) is 110 Å². The lowest BCUT2D eigenvalue weighted by Crippen LogP contribution is -2.64. The monoisotopic (exact) mass is 1100 g/mol. The van der Waals surface area contributed by atoms with Crippen LogP contribution in [0.15, 0.2) is 110 Å². The zero-order valence-electron chi connectivity index (χ0n) is 45.8. The van der Waals surface area contributed by atoms with E-state index in [9.17, 15) is 44.8 Å². The summed E-state index contributed by atoms with van der Waals surface area (Å²) in [5.41, 5.74) is 0.600. The molecule has 0 bridgehead atoms. The third-order valence-electron chi connectivity index (χ3n) is 12.6. The van der Waals surface area contributed by atoms with Crippen LogP contribution in [-0.4, -0.2) is 136 Å². The molecule has 13 unspecified atom stereocenters. The third-order valence-corrected chi connectivity index (χ3v) is 13.1. The van der Waals surface area contributed by atoms with E-state index in [1.807, 2.05) is 45.9 Å². The predicted molar refractivity (Wildman–Crippen MR) is 285 cm³/mol. The molecule has 0 aliphatic carbocycles. The topological polar surface area (TPSA) is 256 Å². The Hall–Kier alpha value is -4.47. The summed E-state index contributed by atoms with van der Waals surface area (Å²) in [6.45, 7) is 25.2. The van der Waals surface area contributed by atoms with Crippen molar-refractivity contribution in [2.45, 2.75) is 195 Å². The standard InChI is InChI=1S/C52H75Cl2NO17.C3H6/c1-14-33-23-28(6)37(57)19-17-16-18-34(25-66-51-45(65-13)42(60)44(32(10)68-51)69-49(63)38(35(15-2)31(9)53)40(58)36(54)24-56)48(62)67-30(8)21-20-27(5)22-29(7)43(33)70-50-39(55-64)41(59)46(52(11,12)72-50)71-47(61)26(3)4;1-3-2/h16-18,20,22-24,26,30,32-33,37,39,41-46,50-51,56-60H,14-15,19,21,25H2,1-13H3;3H,1H2,2H3/b17-16+,27-20+,28-23+,29-22+,34-18+,35-31+,36-24-,40-38-;. The van der Waals surface area contributed by atoms with Gasteiger partial charge in [0.15, 0.2) is 36.6 Å². The number of carbonyl (C=O) groups is 3. The van der Waals surface area contributed by atoms with Gasteiger partial charge >= 0.3 is 17.9 Å². The van der Waals surface area contributed by atoms with Gasteiger partial charge in [0.25, 0.3) is 0 Å². The number of nitrogens with zero attached hydrogens (tertiary/aromatic N) is 1. The van der Waals surface area contributed by atoms with E-state index < -0.39 is 126 Å². The number of hydrogen-bond acceptors (Lipinski definition) is 18. The van der Waals surface area contributed by atoms with E-state index in [1.165, 1.54) is 27.0 Å². The molecule has 3 rings (SSSR count). The van der Waals surface area contributed by atoms with Crippen molar-refractivity contribution in [3.63, 3.8) is 0 Å². The third kappa shape index (κ3) is 18.9. The smallest absolute Gasteiger partial charge is 0.342 e. The highest BCUT2D eigenvalue weighted by Gasteiger charge is 2.54. The molecule has 3 heterocycles. The maximum Gasteiger partial charge on any atom is 0.342 e. The molecule has 0 aromatic rings. The average molecular weight is 1100 g/mol. The minimum absolute atomic E-state index is 0.0535. The normalized spacial score (nSPS) is 34.2. The Morgan fingerprint density at radius 1 is 1.01 bits per heavy atom. The molecule has 3 aliphatic rings. The molecule has 2 fully saturated rings. The zero-order chi connectivity index (χ0) is 57.1. The van der Waals surface area contributed by atoms with Gasteiger partial charge in [0, 0.05) is 24.5 Å². The van der Waals surface area contributed by atoms with E-state index in [0.717, 1.165) is 5.57 Å². The number of aliphatic hydroxyl groups is 5. The second-order valence-corrected chi connectivity index (χ2v) is 20.4. The fraction of sp³-hybridized carbons (Fsp3) is 0.618. The number of nitroso groups, excluding NO2 is 1. The van der Waals surface area contributed by atoms with E-state index in [4.69, 9.17) is 61.1 Å². The van der Waals surface area contributed by atoms with Crippen molar-refractivity contribution < 1.29 is 77.8 Å². The maximum absolute atomic E-state index is 13.8. The number of ether oxygens (including phenoxy) is 8. The van der Waals surface area contributed by atoms with Crippen molar-refractivity contribution in [2.24, 2.45) is 17.0 Å². The van der Waals surface area contributed by atoms with Crippen molar-refractivity contribution in [1.82, 2.24) is 0 Å². The molecule has 2 saturated heterocycles. The second kappa shape index (κ2) is 31.7. The number of methoxy groups -OCH3 is 1. The summed E-state index contributed by atoms with van der Waals surface area (Å²) in [4.78, 5) is 52.3. The van der Waals surface area contributed by atoms with Crippen LogP contribution >= 0.6 is 23.2 Å². The summed E-state index contributed by atoms with van der Waals surface area (Å²) >= 11 is 12.2. The quantitative estimate of drug-likeness (QED) is 0.0194. The molecule has 0 radical (unpaired) electrons. The van der Waals surface area contributed by atoms with Gasteiger partial charge in [0.05, 0.1) is 36.4 Å². The number of esters is 3. The number of halogens is 2. The summed E-state index contributed by atoms with van der Waals surface area (Å²) < 4.78 is 47.7. The van der Waals surface area contributed by atoms with Crippen LogP contribution < -0.4 is 0 Å². The molecule has 0 amide bonds. The Balaban J connectivity index is 0.00000626. The molecule has 0 aromatic heterocycles. The highest BCUT2D eigenvalue weighted by atomic mass is 35.5. The molecule has 5 N–H and O–H groups in total. The van der Waals surface area contributed by atoms with Crippen LogP contribution in [0.5, 0.6) is 0 Å². The van der Waals surface area contributed by atoms with Gasteiger partial charge in [-0.25, -0.2) is 9.59 Å². The van der Waals surface area contributed by atoms with Crippen LogP contribution in [0.25, 0.3) is 0 Å². The first-order valence-corrected chi connectivity index (χ1v) is 25.8. The highest BCUT2D eigenvalue weighted by Crippen LogP contribution is 2.38. The minimum Gasteiger partial charge on any atom is -0.514 e. The average Bonchev–Trinajstić information content (AvgIpc) is 3.34. The Labute approximate surface area is 452 Å². The van der Waals surface area contributed by atoms with Crippen LogP contribution in [0.2, 0.25) is 0 Å². The molecule has 0 aromatic carbocycles. The molecular formula is C55H81Cl2NO17. The number of cyclic esters (lactones) is 1. The van der Waals surface area contributed by atoms with Crippen molar-refractivity contribution >= 4 is 41.1 Å². The second-order valence-electron chi connectivity index (χ2n) is 19.4. The Kier molecular flexibility index (Phi) is 28.1. The molecular weight excluding hydrogens is 1020 g/mol. The van der Waals surface area contributed by atoms with Gasteiger partial charge in [-0.2, -0.15) is 4.91 Å². The summed E-state index contributed by atoms with van der Waals surface area (Å²) in [5, 5.41) is 57.3. The van der Waals surface area contributed by atoms with Crippen LogP contribution in [0, 0.1) is 16.7 Å². The largest absolute Gasteiger partial charge is 0.514 e. The van der Waals surface area contributed by atoms with E-state index in [-0.39, 0.29) is 41.4 Å². The lowest BCUT2D eigenvalue weighted by Gasteiger charge is -2.47. The van der Waals surface area contributed by atoms with Crippen molar-refractivity contribution in [3.8, 4) is 0 Å². The minimum atomic E-state index is -1.56. The fourth-order valence-corrected chi connectivity index (χ4v) is 8.71. The number of carbonyl (C=O) groups excluding carboxylic acids is 3. The molecule has 20 heteroatoms. The highest BCUT2D eigenvalue weighted by molar-refractivity contribution is 6.32. The summed E-state index contributed by atoms with van der Waals surface area (Å²) in [6.07, 6.45) is 0.582. The lowest BCUT2D eigenvalue weighted by atomic mass is 9.87. The number of aliphatic hydroxyl groups excluding tert-OH is 5. The van der Waals surface area contributed by atoms with Gasteiger partial charge in [-0.1, -0.05) is 98.1 Å². The van der Waals surface area contributed by atoms with Gasteiger partial charge in [0.2, 0.25) is 0 Å². The first-order valence-electron chi connectivity index (χ1n) is 25.1. The molecule has 75 heavy (non-hydrogen) atoms. The molecule has 13 atom stereocenters. The van der Waals surface area contributed by atoms with E-state index >= 15 is 0 Å². The first kappa shape index (κ1) is 66.6. The molecule has 18 nitrogen and oxygen atoms in total. The SMILES string of the molecule is C=CC.CCC(/C(C(=O)OC1C(C)OC(OC/C2=C\C=C\CC(O)/C(C)=C/C(CC)C(OC3OC(C)(C)C(OC(=O)C(C)C)C(O)C3N=O)/C(C)=C/C(C)=C/CC(C)OC2=O)C(OC)C1O)=C(O)\C(Cl)=C\O)=C(/C)Cl. The van der Waals surface area contributed by atoms with Crippen LogP contribution in [-0.2, 0) is 52.3 Å². The van der Waals surface area contributed by atoms with Crippen LogP contribution in [0.1, 0.15) is 116 Å². The maximum atomic E-state index is 13.8. The van der Waals surface area contributed by atoms with Gasteiger partial charge in [0.1, 0.15) is 46.9 Å². The Morgan fingerprint density at radius 3 is 2.20 bits per heavy atom. The van der Waals surface area contributed by atoms with Crippen LogP contribution in [0.4, 0.5) is 0 Å². The molecule has 3 aliphatic heterocycles. The number of hydrogen-bond donors (Lipinski definition) is 5. The van der Waals surface area contributed by atoms with Gasteiger partial charge in [-0.3, -0.25) is 4.79 Å². The van der Waals surface area contributed by atoms with E-state index in [0.29, 0.717) is 23.8 Å². The van der Waals surface area contributed by atoms with E-state index in [1.54, 1.807) is 66.7 Å². The number of rotatable bonds is 15.